The number of aryl methyl sites for hydroxylation is 1. The van der Waals surface area contributed by atoms with Crippen LogP contribution in [-0.4, -0.2) is 47.9 Å². The second kappa shape index (κ2) is 6.27. The fourth-order valence-electron chi connectivity index (χ4n) is 2.35. The van der Waals surface area contributed by atoms with Crippen LogP contribution in [0.5, 0.6) is 0 Å². The van der Waals surface area contributed by atoms with Crippen molar-refractivity contribution in [2.24, 2.45) is 5.92 Å². The molecule has 0 spiro atoms. The van der Waals surface area contributed by atoms with Crippen LogP contribution in [-0.2, 0) is 11.3 Å². The minimum absolute atomic E-state index is 0.290. The number of rotatable bonds is 5. The summed E-state index contributed by atoms with van der Waals surface area (Å²) < 4.78 is 5.30. The third-order valence-corrected chi connectivity index (χ3v) is 3.39. The van der Waals surface area contributed by atoms with Crippen molar-refractivity contribution in [1.82, 2.24) is 9.88 Å². The Hall–Kier alpha value is -0.970. The van der Waals surface area contributed by atoms with E-state index in [2.05, 4.69) is 9.88 Å². The minimum Gasteiger partial charge on any atom is -0.391 e. The van der Waals surface area contributed by atoms with E-state index < -0.39 is 0 Å². The molecule has 2 rings (SSSR count). The van der Waals surface area contributed by atoms with Crippen molar-refractivity contribution in [2.45, 2.75) is 26.0 Å². The molecule has 2 heterocycles. The molecule has 1 aliphatic heterocycles. The predicted molar refractivity (Wildman–Crippen MR) is 70.2 cm³/mol. The third kappa shape index (κ3) is 3.77. The van der Waals surface area contributed by atoms with Crippen molar-refractivity contribution in [2.75, 3.05) is 26.8 Å². The molecule has 0 saturated carbocycles. The summed E-state index contributed by atoms with van der Waals surface area (Å²) in [7, 11) is 2.02. The highest BCUT2D eigenvalue weighted by Crippen LogP contribution is 2.17. The van der Waals surface area contributed by atoms with Crippen molar-refractivity contribution in [1.29, 1.82) is 0 Å². The first-order valence-electron chi connectivity index (χ1n) is 6.52. The number of hydrogen-bond acceptors (Lipinski definition) is 4. The number of aliphatic hydroxyl groups is 1. The molecule has 1 N–H and O–H groups in total. The number of aromatic nitrogens is 1. The number of ether oxygens (including phenoxy) is 1. The summed E-state index contributed by atoms with van der Waals surface area (Å²) in [6.45, 7) is 4.91. The summed E-state index contributed by atoms with van der Waals surface area (Å²) in [5.41, 5.74) is 2.08. The van der Waals surface area contributed by atoms with Gasteiger partial charge >= 0.3 is 0 Å². The molecule has 4 nitrogen and oxygen atoms in total. The lowest BCUT2D eigenvalue weighted by molar-refractivity contribution is 0.0612. The van der Waals surface area contributed by atoms with Crippen LogP contribution in [0.2, 0.25) is 0 Å². The van der Waals surface area contributed by atoms with Crippen LogP contribution in [0.1, 0.15) is 17.8 Å². The Balaban J connectivity index is 1.82. The summed E-state index contributed by atoms with van der Waals surface area (Å²) in [4.78, 5) is 6.59. The van der Waals surface area contributed by atoms with Crippen LogP contribution in [0.25, 0.3) is 0 Å². The van der Waals surface area contributed by atoms with E-state index in [1.807, 2.05) is 32.2 Å². The van der Waals surface area contributed by atoms with Crippen molar-refractivity contribution in [3.63, 3.8) is 0 Å². The van der Waals surface area contributed by atoms with Crippen LogP contribution in [0.4, 0.5) is 0 Å². The van der Waals surface area contributed by atoms with Crippen molar-refractivity contribution in [3.8, 4) is 0 Å². The van der Waals surface area contributed by atoms with Crippen LogP contribution in [0, 0.1) is 12.8 Å². The lowest BCUT2D eigenvalue weighted by atomic mass is 10.0. The Kier molecular flexibility index (Phi) is 4.69. The number of aliphatic hydroxyl groups excluding tert-OH is 1. The first-order valence-corrected chi connectivity index (χ1v) is 6.52. The largest absolute Gasteiger partial charge is 0.391 e. The van der Waals surface area contributed by atoms with E-state index in [9.17, 15) is 5.11 Å². The number of nitrogens with zero attached hydrogens (tertiary/aromatic N) is 2. The predicted octanol–water partition coefficient (Wildman–Crippen LogP) is 1.22. The normalized spacial score (nSPS) is 21.4. The Morgan fingerprint density at radius 1 is 1.56 bits per heavy atom. The maximum atomic E-state index is 10.1. The van der Waals surface area contributed by atoms with Gasteiger partial charge in [-0.2, -0.15) is 0 Å². The molecule has 0 radical (unpaired) electrons. The first kappa shape index (κ1) is 13.5. The average Bonchev–Trinajstić information content (AvgIpc) is 2.81. The molecular weight excluding hydrogens is 228 g/mol. The van der Waals surface area contributed by atoms with E-state index in [1.165, 1.54) is 0 Å². The third-order valence-electron chi connectivity index (χ3n) is 3.39. The molecule has 0 bridgehead atoms. The lowest BCUT2D eigenvalue weighted by Crippen LogP contribution is -2.34. The molecule has 0 aromatic carbocycles. The Morgan fingerprint density at radius 3 is 3.06 bits per heavy atom. The molecule has 2 unspecified atom stereocenters. The highest BCUT2D eigenvalue weighted by Gasteiger charge is 2.24. The van der Waals surface area contributed by atoms with Gasteiger partial charge in [0, 0.05) is 31.3 Å². The number of likely N-dealkylation sites (N-methyl/N-ethyl adjacent to an activating group) is 1. The van der Waals surface area contributed by atoms with Crippen molar-refractivity contribution in [3.05, 3.63) is 29.6 Å². The van der Waals surface area contributed by atoms with Gasteiger partial charge in [-0.25, -0.2) is 0 Å². The van der Waals surface area contributed by atoms with E-state index >= 15 is 0 Å². The second-order valence-electron chi connectivity index (χ2n) is 5.16. The van der Waals surface area contributed by atoms with Gasteiger partial charge in [-0.1, -0.05) is 6.07 Å². The van der Waals surface area contributed by atoms with Gasteiger partial charge in [0.2, 0.25) is 0 Å². The fraction of sp³-hybridized carbons (Fsp3) is 0.643. The van der Waals surface area contributed by atoms with Gasteiger partial charge in [0.05, 0.1) is 18.4 Å². The monoisotopic (exact) mass is 250 g/mol. The summed E-state index contributed by atoms with van der Waals surface area (Å²) in [6.07, 6.45) is 0.667. The smallest absolute Gasteiger partial charge is 0.0718 e. The van der Waals surface area contributed by atoms with Gasteiger partial charge in [0.1, 0.15) is 0 Å². The molecule has 2 atom stereocenters. The molecule has 1 fully saturated rings. The maximum absolute atomic E-state index is 10.1. The summed E-state index contributed by atoms with van der Waals surface area (Å²) in [5.74, 6) is 0.290. The molecule has 0 aliphatic carbocycles. The highest BCUT2D eigenvalue weighted by molar-refractivity contribution is 5.09. The van der Waals surface area contributed by atoms with E-state index in [-0.39, 0.29) is 12.0 Å². The van der Waals surface area contributed by atoms with E-state index in [4.69, 9.17) is 4.74 Å². The molecule has 1 aliphatic rings. The quantitative estimate of drug-likeness (QED) is 0.853. The molecular formula is C14H22N2O2. The minimum atomic E-state index is -0.303. The topological polar surface area (TPSA) is 45.6 Å². The molecule has 1 aromatic heterocycles. The number of hydrogen-bond donors (Lipinski definition) is 1. The van der Waals surface area contributed by atoms with Gasteiger partial charge in [-0.3, -0.25) is 9.88 Å². The Labute approximate surface area is 109 Å². The van der Waals surface area contributed by atoms with Crippen LogP contribution < -0.4 is 0 Å². The SMILES string of the molecule is Cc1cccc(CN(C)CC(O)C2CCOC2)n1. The van der Waals surface area contributed by atoms with Crippen molar-refractivity contribution >= 4 is 0 Å². The fourth-order valence-corrected chi connectivity index (χ4v) is 2.35. The zero-order valence-corrected chi connectivity index (χ0v) is 11.2. The number of pyridine rings is 1. The Morgan fingerprint density at radius 2 is 2.39 bits per heavy atom. The van der Waals surface area contributed by atoms with E-state index in [1.54, 1.807) is 0 Å². The lowest BCUT2D eigenvalue weighted by Gasteiger charge is -2.23. The molecule has 4 heteroatoms. The highest BCUT2D eigenvalue weighted by atomic mass is 16.5. The molecule has 100 valence electrons. The average molecular weight is 250 g/mol. The second-order valence-corrected chi connectivity index (χ2v) is 5.16. The van der Waals surface area contributed by atoms with Crippen LogP contribution in [0.3, 0.4) is 0 Å². The van der Waals surface area contributed by atoms with Gasteiger partial charge in [-0.15, -0.1) is 0 Å². The molecule has 1 aromatic rings. The zero-order chi connectivity index (χ0) is 13.0. The standard InChI is InChI=1S/C14H22N2O2/c1-11-4-3-5-13(15-11)8-16(2)9-14(17)12-6-7-18-10-12/h3-5,12,14,17H,6-10H2,1-2H3. The first-order chi connectivity index (χ1) is 8.65. The van der Waals surface area contributed by atoms with Crippen molar-refractivity contribution < 1.29 is 9.84 Å². The summed E-state index contributed by atoms with van der Waals surface area (Å²) >= 11 is 0. The van der Waals surface area contributed by atoms with Gasteiger partial charge in [0.15, 0.2) is 0 Å². The summed E-state index contributed by atoms with van der Waals surface area (Å²) in [5, 5.41) is 10.1. The van der Waals surface area contributed by atoms with Crippen LogP contribution in [0.15, 0.2) is 18.2 Å². The molecule has 1 saturated heterocycles. The van der Waals surface area contributed by atoms with E-state index in [0.717, 1.165) is 31.0 Å². The van der Waals surface area contributed by atoms with E-state index in [0.29, 0.717) is 13.2 Å². The van der Waals surface area contributed by atoms with Gasteiger partial charge in [0.25, 0.3) is 0 Å². The maximum Gasteiger partial charge on any atom is 0.0718 e. The summed E-state index contributed by atoms with van der Waals surface area (Å²) in [6, 6.07) is 6.04. The Bertz CT molecular complexity index is 378. The van der Waals surface area contributed by atoms with Gasteiger partial charge in [-0.05, 0) is 32.5 Å². The van der Waals surface area contributed by atoms with Gasteiger partial charge < -0.3 is 9.84 Å². The molecule has 0 amide bonds. The molecule has 18 heavy (non-hydrogen) atoms. The van der Waals surface area contributed by atoms with Crippen LogP contribution >= 0.6 is 0 Å². The zero-order valence-electron chi connectivity index (χ0n) is 11.2.